The van der Waals surface area contributed by atoms with Crippen LogP contribution in [0.5, 0.6) is 0 Å². The van der Waals surface area contributed by atoms with E-state index in [4.69, 9.17) is 10.5 Å². The van der Waals surface area contributed by atoms with Crippen LogP contribution in [0.1, 0.15) is 33.6 Å². The molecule has 1 aliphatic heterocycles. The first-order chi connectivity index (χ1) is 8.42. The summed E-state index contributed by atoms with van der Waals surface area (Å²) in [4.78, 5) is 13.8. The van der Waals surface area contributed by atoms with Gasteiger partial charge in [-0.2, -0.15) is 0 Å². The van der Waals surface area contributed by atoms with Gasteiger partial charge in [-0.3, -0.25) is 0 Å². The van der Waals surface area contributed by atoms with Crippen LogP contribution in [0.3, 0.4) is 0 Å². The summed E-state index contributed by atoms with van der Waals surface area (Å²) in [5.74, 6) is 0.512. The van der Waals surface area contributed by atoms with Gasteiger partial charge in [-0.1, -0.05) is 0 Å². The first-order valence-electron chi connectivity index (χ1n) is 6.81. The van der Waals surface area contributed by atoms with E-state index in [0.29, 0.717) is 12.5 Å². The highest BCUT2D eigenvalue weighted by Gasteiger charge is 2.27. The minimum absolute atomic E-state index is 0.189. The number of nitrogens with two attached hydrogens (primary N) is 1. The maximum Gasteiger partial charge on any atom is 0.410 e. The Kier molecular flexibility index (Phi) is 5.88. The number of ether oxygens (including phenoxy) is 1. The highest BCUT2D eigenvalue weighted by atomic mass is 16.6. The van der Waals surface area contributed by atoms with Crippen LogP contribution in [0, 0.1) is 5.92 Å². The maximum atomic E-state index is 12.0. The van der Waals surface area contributed by atoms with E-state index in [9.17, 15) is 4.79 Å². The molecule has 0 bridgehead atoms. The Hall–Kier alpha value is -0.810. The van der Waals surface area contributed by atoms with Gasteiger partial charge in [-0.15, -0.1) is 0 Å². The molecule has 5 nitrogen and oxygen atoms in total. The zero-order valence-corrected chi connectivity index (χ0v) is 11.9. The number of amides is 1. The minimum Gasteiger partial charge on any atom is -0.444 e. The van der Waals surface area contributed by atoms with Crippen molar-refractivity contribution in [1.29, 1.82) is 0 Å². The van der Waals surface area contributed by atoms with Crippen molar-refractivity contribution in [2.45, 2.75) is 39.2 Å². The highest BCUT2D eigenvalue weighted by Crippen LogP contribution is 2.18. The molecule has 1 saturated heterocycles. The lowest BCUT2D eigenvalue weighted by molar-refractivity contribution is 0.0166. The summed E-state index contributed by atoms with van der Waals surface area (Å²) in [5, 5.41) is 3.31. The fourth-order valence-electron chi connectivity index (χ4n) is 2.13. The Morgan fingerprint density at radius 1 is 1.50 bits per heavy atom. The van der Waals surface area contributed by atoms with Gasteiger partial charge in [0.05, 0.1) is 0 Å². The van der Waals surface area contributed by atoms with Crippen LogP contribution in [-0.4, -0.2) is 49.3 Å². The summed E-state index contributed by atoms with van der Waals surface area (Å²) in [5.41, 5.74) is 5.03. The van der Waals surface area contributed by atoms with Crippen LogP contribution in [0.2, 0.25) is 0 Å². The molecule has 1 aliphatic rings. The number of hydrogen-bond acceptors (Lipinski definition) is 4. The molecule has 1 rings (SSSR count). The highest BCUT2D eigenvalue weighted by molar-refractivity contribution is 5.68. The summed E-state index contributed by atoms with van der Waals surface area (Å²) < 4.78 is 5.40. The molecule has 18 heavy (non-hydrogen) atoms. The van der Waals surface area contributed by atoms with Gasteiger partial charge in [0.15, 0.2) is 0 Å². The predicted octanol–water partition coefficient (Wildman–Crippen LogP) is 1.18. The van der Waals surface area contributed by atoms with Gasteiger partial charge in [0.25, 0.3) is 0 Å². The largest absolute Gasteiger partial charge is 0.444 e. The van der Waals surface area contributed by atoms with Crippen molar-refractivity contribution in [3.05, 3.63) is 0 Å². The SMILES string of the molecule is CC(C)(C)OC(=O)N1CCCC(CNCCN)C1. The molecule has 0 aromatic rings. The first kappa shape index (κ1) is 15.2. The third-order valence-electron chi connectivity index (χ3n) is 2.92. The third-order valence-corrected chi connectivity index (χ3v) is 2.92. The topological polar surface area (TPSA) is 67.6 Å². The molecular formula is C13H27N3O2. The van der Waals surface area contributed by atoms with Crippen molar-refractivity contribution in [1.82, 2.24) is 10.2 Å². The van der Waals surface area contributed by atoms with E-state index in [1.807, 2.05) is 25.7 Å². The van der Waals surface area contributed by atoms with E-state index in [2.05, 4.69) is 5.32 Å². The molecule has 106 valence electrons. The zero-order valence-electron chi connectivity index (χ0n) is 11.9. The molecule has 0 spiro atoms. The smallest absolute Gasteiger partial charge is 0.410 e. The average Bonchev–Trinajstić information content (AvgIpc) is 2.27. The van der Waals surface area contributed by atoms with Gasteiger partial charge in [0.1, 0.15) is 5.60 Å². The van der Waals surface area contributed by atoms with Crippen molar-refractivity contribution in [2.75, 3.05) is 32.7 Å². The number of hydrogen-bond donors (Lipinski definition) is 2. The fourth-order valence-corrected chi connectivity index (χ4v) is 2.13. The van der Waals surface area contributed by atoms with E-state index < -0.39 is 5.60 Å². The van der Waals surface area contributed by atoms with E-state index in [1.54, 1.807) is 0 Å². The number of likely N-dealkylation sites (tertiary alicyclic amines) is 1. The third kappa shape index (κ3) is 5.69. The van der Waals surface area contributed by atoms with Crippen molar-refractivity contribution in [3.8, 4) is 0 Å². The van der Waals surface area contributed by atoms with Gasteiger partial charge < -0.3 is 20.7 Å². The van der Waals surface area contributed by atoms with Crippen molar-refractivity contribution in [2.24, 2.45) is 11.7 Å². The number of carbonyl (C=O) groups is 1. The van der Waals surface area contributed by atoms with Gasteiger partial charge in [0.2, 0.25) is 0 Å². The molecule has 0 aromatic heterocycles. The summed E-state index contributed by atoms with van der Waals surface area (Å²) in [6, 6.07) is 0. The van der Waals surface area contributed by atoms with Gasteiger partial charge in [-0.25, -0.2) is 4.79 Å². The molecular weight excluding hydrogens is 230 g/mol. The van der Waals surface area contributed by atoms with Gasteiger partial charge in [0, 0.05) is 26.2 Å². The molecule has 0 radical (unpaired) electrons. The molecule has 1 amide bonds. The van der Waals surface area contributed by atoms with E-state index >= 15 is 0 Å². The maximum absolute atomic E-state index is 12.0. The van der Waals surface area contributed by atoms with E-state index in [1.165, 1.54) is 0 Å². The number of rotatable bonds is 4. The van der Waals surface area contributed by atoms with E-state index in [-0.39, 0.29) is 6.09 Å². The lowest BCUT2D eigenvalue weighted by atomic mass is 9.98. The number of nitrogens with zero attached hydrogens (tertiary/aromatic N) is 1. The Bertz CT molecular complexity index is 263. The Balaban J connectivity index is 2.36. The van der Waals surface area contributed by atoms with Crippen LogP contribution < -0.4 is 11.1 Å². The van der Waals surface area contributed by atoms with Crippen LogP contribution in [0.15, 0.2) is 0 Å². The first-order valence-corrected chi connectivity index (χ1v) is 6.81. The van der Waals surface area contributed by atoms with Gasteiger partial charge in [-0.05, 0) is 46.1 Å². The second kappa shape index (κ2) is 6.95. The molecule has 1 fully saturated rings. The lowest BCUT2D eigenvalue weighted by Crippen LogP contribution is -2.45. The number of piperidine rings is 1. The minimum atomic E-state index is -0.415. The molecule has 0 aliphatic carbocycles. The average molecular weight is 257 g/mol. The van der Waals surface area contributed by atoms with Crippen molar-refractivity contribution >= 4 is 6.09 Å². The second-order valence-corrected chi connectivity index (χ2v) is 5.93. The Morgan fingerprint density at radius 2 is 2.22 bits per heavy atom. The summed E-state index contributed by atoms with van der Waals surface area (Å²) in [6.07, 6.45) is 2.02. The lowest BCUT2D eigenvalue weighted by Gasteiger charge is -2.34. The Morgan fingerprint density at radius 3 is 2.83 bits per heavy atom. The molecule has 5 heteroatoms. The monoisotopic (exact) mass is 257 g/mol. The predicted molar refractivity (Wildman–Crippen MR) is 72.5 cm³/mol. The van der Waals surface area contributed by atoms with Crippen molar-refractivity contribution in [3.63, 3.8) is 0 Å². The molecule has 0 aromatic carbocycles. The van der Waals surface area contributed by atoms with Crippen LogP contribution in [0.4, 0.5) is 4.79 Å². The molecule has 3 N–H and O–H groups in total. The van der Waals surface area contributed by atoms with Crippen LogP contribution in [-0.2, 0) is 4.74 Å². The van der Waals surface area contributed by atoms with Crippen molar-refractivity contribution < 1.29 is 9.53 Å². The second-order valence-electron chi connectivity index (χ2n) is 5.93. The Labute approximate surface area is 110 Å². The molecule has 1 atom stereocenters. The van der Waals surface area contributed by atoms with Crippen LogP contribution >= 0.6 is 0 Å². The molecule has 1 heterocycles. The molecule has 1 unspecified atom stereocenters. The quantitative estimate of drug-likeness (QED) is 0.742. The number of carbonyl (C=O) groups excluding carboxylic acids is 1. The number of nitrogens with one attached hydrogen (secondary N) is 1. The van der Waals surface area contributed by atoms with E-state index in [0.717, 1.165) is 39.0 Å². The summed E-state index contributed by atoms with van der Waals surface area (Å²) >= 11 is 0. The fraction of sp³-hybridized carbons (Fsp3) is 0.923. The zero-order chi connectivity index (χ0) is 13.6. The van der Waals surface area contributed by atoms with Crippen LogP contribution in [0.25, 0.3) is 0 Å². The normalized spacial score (nSPS) is 20.9. The molecule has 0 saturated carbocycles. The standard InChI is InChI=1S/C13H27N3O2/c1-13(2,3)18-12(17)16-8-4-5-11(10-16)9-15-7-6-14/h11,15H,4-10,14H2,1-3H3. The summed E-state index contributed by atoms with van der Waals surface area (Å²) in [7, 11) is 0. The van der Waals surface area contributed by atoms with Gasteiger partial charge >= 0.3 is 6.09 Å². The summed E-state index contributed by atoms with van der Waals surface area (Å²) in [6.45, 7) is 9.70.